The highest BCUT2D eigenvalue weighted by molar-refractivity contribution is 6.30. The minimum absolute atomic E-state index is 0.424. The average Bonchev–Trinajstić information content (AvgIpc) is 2.89. The topological polar surface area (TPSA) is 86.8 Å². The van der Waals surface area contributed by atoms with Gasteiger partial charge in [0.25, 0.3) is 0 Å². The molecule has 0 bridgehead atoms. The van der Waals surface area contributed by atoms with Gasteiger partial charge >= 0.3 is 0 Å². The lowest BCUT2D eigenvalue weighted by Gasteiger charge is -2.20. The predicted octanol–water partition coefficient (Wildman–Crippen LogP) is 5.83. The van der Waals surface area contributed by atoms with Gasteiger partial charge in [-0.25, -0.2) is 4.98 Å². The summed E-state index contributed by atoms with van der Waals surface area (Å²) in [6.45, 7) is 2.12. The van der Waals surface area contributed by atoms with E-state index in [1.165, 1.54) is 0 Å². The molecule has 0 fully saturated rings. The van der Waals surface area contributed by atoms with Crippen molar-refractivity contribution in [2.75, 3.05) is 37.1 Å². The van der Waals surface area contributed by atoms with Gasteiger partial charge in [-0.2, -0.15) is 4.98 Å². The first kappa shape index (κ1) is 21.4. The summed E-state index contributed by atoms with van der Waals surface area (Å²) in [5.74, 6) is 3.85. The number of fused-ring (bicyclic) bond motifs is 2. The van der Waals surface area contributed by atoms with Gasteiger partial charge in [0.2, 0.25) is 5.95 Å². The molecule has 6 rings (SSSR count). The fourth-order valence-electron chi connectivity index (χ4n) is 3.91. The van der Waals surface area contributed by atoms with Crippen LogP contribution in [0, 0.1) is 0 Å². The largest absolute Gasteiger partial charge is 0.486 e. The molecule has 8 nitrogen and oxygen atoms in total. The van der Waals surface area contributed by atoms with Crippen molar-refractivity contribution in [1.29, 1.82) is 0 Å². The molecular formula is C26H21ClN4O4. The Hall–Kier alpha value is -4.17. The fourth-order valence-corrected chi connectivity index (χ4v) is 4.10. The lowest BCUT2D eigenvalue weighted by molar-refractivity contribution is 0.171. The van der Waals surface area contributed by atoms with Crippen LogP contribution in [0.25, 0.3) is 11.1 Å². The van der Waals surface area contributed by atoms with Gasteiger partial charge in [0.05, 0.1) is 0 Å². The second-order valence-corrected chi connectivity index (χ2v) is 8.37. The Labute approximate surface area is 206 Å². The monoisotopic (exact) mass is 488 g/mol. The molecule has 3 heterocycles. The number of ether oxygens (including phenoxy) is 4. The van der Waals surface area contributed by atoms with Crippen LogP contribution in [0.2, 0.25) is 5.02 Å². The summed E-state index contributed by atoms with van der Waals surface area (Å²) in [5, 5.41) is 7.28. The molecule has 1 aromatic heterocycles. The standard InChI is InChI=1S/C26H21ClN4O4/c27-17-3-1-2-16(12-17)20-15-28-26(30-19-5-7-22-24(14-19)35-11-9-33-22)31-25(20)29-18-4-6-21-23(13-18)34-10-8-32-21/h1-7,12-15H,8-11H2,(H2,28,29,30,31). The van der Waals surface area contributed by atoms with E-state index in [1.54, 1.807) is 6.20 Å². The Balaban J connectivity index is 1.35. The number of benzene rings is 3. The molecule has 0 atom stereocenters. The molecule has 2 N–H and O–H groups in total. The van der Waals surface area contributed by atoms with Crippen molar-refractivity contribution in [2.24, 2.45) is 0 Å². The van der Waals surface area contributed by atoms with Crippen molar-refractivity contribution in [2.45, 2.75) is 0 Å². The summed E-state index contributed by atoms with van der Waals surface area (Å²) in [4.78, 5) is 9.32. The number of anilines is 4. The first-order valence-electron chi connectivity index (χ1n) is 11.2. The highest BCUT2D eigenvalue weighted by Crippen LogP contribution is 2.37. The van der Waals surface area contributed by atoms with E-state index in [0.29, 0.717) is 54.7 Å². The molecule has 35 heavy (non-hydrogen) atoms. The number of nitrogens with zero attached hydrogens (tertiary/aromatic N) is 2. The zero-order valence-electron chi connectivity index (χ0n) is 18.6. The van der Waals surface area contributed by atoms with Gasteiger partial charge in [-0.1, -0.05) is 23.7 Å². The van der Waals surface area contributed by atoms with E-state index in [-0.39, 0.29) is 0 Å². The maximum absolute atomic E-state index is 6.26. The molecule has 4 aromatic rings. The summed E-state index contributed by atoms with van der Waals surface area (Å²) >= 11 is 6.26. The molecule has 0 aliphatic carbocycles. The number of halogens is 1. The molecule has 0 spiro atoms. The summed E-state index contributed by atoms with van der Waals surface area (Å²) in [6, 6.07) is 18.9. The van der Waals surface area contributed by atoms with Gasteiger partial charge in [-0.3, -0.25) is 0 Å². The number of hydrogen-bond acceptors (Lipinski definition) is 8. The van der Waals surface area contributed by atoms with E-state index in [1.807, 2.05) is 60.7 Å². The van der Waals surface area contributed by atoms with Crippen LogP contribution in [0.5, 0.6) is 23.0 Å². The highest BCUT2D eigenvalue weighted by Gasteiger charge is 2.16. The van der Waals surface area contributed by atoms with Crippen molar-refractivity contribution in [3.8, 4) is 34.1 Å². The Kier molecular flexibility index (Phi) is 5.64. The number of nitrogens with one attached hydrogen (secondary N) is 2. The van der Waals surface area contributed by atoms with Crippen molar-refractivity contribution in [3.05, 3.63) is 71.9 Å². The predicted molar refractivity (Wildman–Crippen MR) is 134 cm³/mol. The van der Waals surface area contributed by atoms with Crippen LogP contribution >= 0.6 is 11.6 Å². The van der Waals surface area contributed by atoms with Crippen molar-refractivity contribution in [3.63, 3.8) is 0 Å². The van der Waals surface area contributed by atoms with Crippen molar-refractivity contribution >= 4 is 34.7 Å². The molecule has 0 unspecified atom stereocenters. The third-order valence-corrected chi connectivity index (χ3v) is 5.76. The molecule has 2 aliphatic rings. The van der Waals surface area contributed by atoms with Gasteiger partial charge in [-0.15, -0.1) is 0 Å². The van der Waals surface area contributed by atoms with Crippen LogP contribution in [0.4, 0.5) is 23.1 Å². The Morgan fingerprint density at radius 1 is 0.686 bits per heavy atom. The van der Waals surface area contributed by atoms with Gasteiger partial charge < -0.3 is 29.6 Å². The average molecular weight is 489 g/mol. The van der Waals surface area contributed by atoms with Gasteiger partial charge in [-0.05, 0) is 42.0 Å². The molecule has 176 valence electrons. The Bertz CT molecular complexity index is 1400. The maximum Gasteiger partial charge on any atom is 0.229 e. The summed E-state index contributed by atoms with van der Waals surface area (Å²) in [7, 11) is 0. The van der Waals surface area contributed by atoms with Gasteiger partial charge in [0, 0.05) is 40.3 Å². The van der Waals surface area contributed by atoms with E-state index < -0.39 is 0 Å². The molecule has 0 saturated heterocycles. The van der Waals surface area contributed by atoms with Crippen LogP contribution in [-0.4, -0.2) is 36.4 Å². The van der Waals surface area contributed by atoms with Gasteiger partial charge in [0.15, 0.2) is 23.0 Å². The minimum atomic E-state index is 0.424. The lowest BCUT2D eigenvalue weighted by atomic mass is 10.1. The molecule has 0 radical (unpaired) electrons. The summed E-state index contributed by atoms with van der Waals surface area (Å²) in [6.07, 6.45) is 1.76. The maximum atomic E-state index is 6.26. The van der Waals surface area contributed by atoms with E-state index in [4.69, 9.17) is 35.5 Å². The SMILES string of the molecule is Clc1cccc(-c2cnc(Nc3ccc4c(c3)OCCO4)nc2Nc2ccc3c(c2)OCCO3)c1. The Morgan fingerprint density at radius 3 is 1.97 bits per heavy atom. The summed E-state index contributed by atoms with van der Waals surface area (Å²) in [5.41, 5.74) is 3.29. The third-order valence-electron chi connectivity index (χ3n) is 5.53. The lowest BCUT2D eigenvalue weighted by Crippen LogP contribution is -2.15. The summed E-state index contributed by atoms with van der Waals surface area (Å²) < 4.78 is 22.7. The second kappa shape index (κ2) is 9.23. The van der Waals surface area contributed by atoms with E-state index >= 15 is 0 Å². The normalized spacial score (nSPS) is 13.7. The molecule has 9 heteroatoms. The molecule has 0 amide bonds. The van der Waals surface area contributed by atoms with Crippen LogP contribution in [0.1, 0.15) is 0 Å². The first-order valence-corrected chi connectivity index (χ1v) is 11.6. The zero-order chi connectivity index (χ0) is 23.6. The smallest absolute Gasteiger partial charge is 0.229 e. The van der Waals surface area contributed by atoms with E-state index in [0.717, 1.165) is 34.0 Å². The Morgan fingerprint density at radius 2 is 1.31 bits per heavy atom. The third kappa shape index (κ3) is 4.61. The first-order chi connectivity index (χ1) is 17.2. The minimum Gasteiger partial charge on any atom is -0.486 e. The van der Waals surface area contributed by atoms with Crippen LogP contribution in [0.15, 0.2) is 66.9 Å². The van der Waals surface area contributed by atoms with E-state index in [9.17, 15) is 0 Å². The quantitative estimate of drug-likeness (QED) is 0.363. The molecule has 2 aliphatic heterocycles. The fraction of sp³-hybridized carbons (Fsp3) is 0.154. The molecular weight excluding hydrogens is 468 g/mol. The van der Waals surface area contributed by atoms with Gasteiger partial charge in [0.1, 0.15) is 32.2 Å². The van der Waals surface area contributed by atoms with E-state index in [2.05, 4.69) is 15.6 Å². The van der Waals surface area contributed by atoms with Crippen LogP contribution in [-0.2, 0) is 0 Å². The van der Waals surface area contributed by atoms with Crippen LogP contribution < -0.4 is 29.6 Å². The zero-order valence-corrected chi connectivity index (χ0v) is 19.3. The highest BCUT2D eigenvalue weighted by atomic mass is 35.5. The number of rotatable bonds is 5. The number of aromatic nitrogens is 2. The number of hydrogen-bond donors (Lipinski definition) is 2. The van der Waals surface area contributed by atoms with Crippen molar-refractivity contribution < 1.29 is 18.9 Å². The van der Waals surface area contributed by atoms with Crippen LogP contribution in [0.3, 0.4) is 0 Å². The molecule has 3 aromatic carbocycles. The second-order valence-electron chi connectivity index (χ2n) is 7.93. The molecule has 0 saturated carbocycles. The van der Waals surface area contributed by atoms with Crippen molar-refractivity contribution in [1.82, 2.24) is 9.97 Å².